The van der Waals surface area contributed by atoms with E-state index in [1.807, 2.05) is 11.7 Å². The lowest BCUT2D eigenvalue weighted by molar-refractivity contribution is 0.221. The number of hydrogen-bond acceptors (Lipinski definition) is 2. The van der Waals surface area contributed by atoms with E-state index in [0.717, 1.165) is 23.1 Å². The van der Waals surface area contributed by atoms with Crippen molar-refractivity contribution < 1.29 is 0 Å². The quantitative estimate of drug-likeness (QED) is 0.779. The Labute approximate surface area is 139 Å². The van der Waals surface area contributed by atoms with Crippen LogP contribution >= 0.6 is 15.9 Å². The molecule has 0 aliphatic heterocycles. The molecule has 0 aliphatic carbocycles. The molecule has 0 aliphatic rings. The van der Waals surface area contributed by atoms with E-state index in [0.29, 0.717) is 17.4 Å². The Bertz CT molecular complexity index is 446. The first-order chi connectivity index (χ1) is 9.66. The number of nitrogens with zero attached hydrogens (tertiary/aromatic N) is 2. The molecule has 1 heterocycles. The van der Waals surface area contributed by atoms with Gasteiger partial charge in [0.2, 0.25) is 0 Å². The number of rotatable bonds is 7. The molecule has 1 aromatic heterocycles. The minimum absolute atomic E-state index is 0.353. The number of aromatic nitrogens is 2. The van der Waals surface area contributed by atoms with Gasteiger partial charge in [0.15, 0.2) is 0 Å². The lowest BCUT2D eigenvalue weighted by Gasteiger charge is -2.31. The van der Waals surface area contributed by atoms with E-state index in [1.165, 1.54) is 18.5 Å². The van der Waals surface area contributed by atoms with Gasteiger partial charge in [-0.05, 0) is 53.6 Å². The van der Waals surface area contributed by atoms with E-state index in [1.54, 1.807) is 0 Å². The predicted octanol–water partition coefficient (Wildman–Crippen LogP) is 4.47. The van der Waals surface area contributed by atoms with Gasteiger partial charge in [-0.15, -0.1) is 0 Å². The Morgan fingerprint density at radius 3 is 2.38 bits per heavy atom. The average Bonchev–Trinajstić information content (AvgIpc) is 2.61. The molecule has 0 aromatic carbocycles. The van der Waals surface area contributed by atoms with Gasteiger partial charge in [0.1, 0.15) is 0 Å². The highest BCUT2D eigenvalue weighted by atomic mass is 79.9. The molecular weight excluding hydrogens is 326 g/mol. The van der Waals surface area contributed by atoms with Gasteiger partial charge in [0.05, 0.1) is 15.9 Å². The third-order valence-electron chi connectivity index (χ3n) is 4.50. The summed E-state index contributed by atoms with van der Waals surface area (Å²) in [7, 11) is 2.04. The van der Waals surface area contributed by atoms with E-state index in [2.05, 4.69) is 67.9 Å². The molecule has 1 rings (SSSR count). The SMILES string of the molecule is CCCNC(Cc1c(Br)c(C)nn1C)CC(C)C(C)(C)C. The van der Waals surface area contributed by atoms with Crippen LogP contribution in [0.4, 0.5) is 0 Å². The van der Waals surface area contributed by atoms with Crippen LogP contribution < -0.4 is 5.32 Å². The Hall–Kier alpha value is -0.350. The van der Waals surface area contributed by atoms with Crippen molar-refractivity contribution in [3.8, 4) is 0 Å². The van der Waals surface area contributed by atoms with Gasteiger partial charge in [-0.2, -0.15) is 5.10 Å². The normalized spacial score (nSPS) is 15.2. The Balaban J connectivity index is 2.83. The summed E-state index contributed by atoms with van der Waals surface area (Å²) < 4.78 is 3.18. The first-order valence-corrected chi connectivity index (χ1v) is 8.87. The molecule has 0 radical (unpaired) electrons. The van der Waals surface area contributed by atoms with Crippen LogP contribution in [0, 0.1) is 18.3 Å². The molecule has 0 amide bonds. The summed E-state index contributed by atoms with van der Waals surface area (Å²) >= 11 is 3.69. The minimum atomic E-state index is 0.353. The monoisotopic (exact) mass is 357 g/mol. The van der Waals surface area contributed by atoms with Crippen LogP contribution in [0.1, 0.15) is 58.8 Å². The topological polar surface area (TPSA) is 29.9 Å². The fourth-order valence-electron chi connectivity index (χ4n) is 2.50. The number of aryl methyl sites for hydroxylation is 2. The van der Waals surface area contributed by atoms with Crippen LogP contribution in [-0.2, 0) is 13.5 Å². The molecule has 1 N–H and O–H groups in total. The van der Waals surface area contributed by atoms with Gasteiger partial charge in [0, 0.05) is 19.5 Å². The molecule has 0 spiro atoms. The largest absolute Gasteiger partial charge is 0.314 e. The number of halogens is 1. The molecule has 0 fully saturated rings. The van der Waals surface area contributed by atoms with Gasteiger partial charge in [-0.25, -0.2) is 0 Å². The maximum absolute atomic E-state index is 4.51. The summed E-state index contributed by atoms with van der Waals surface area (Å²) in [5, 5.41) is 8.24. The highest BCUT2D eigenvalue weighted by Gasteiger charge is 2.25. The zero-order chi connectivity index (χ0) is 16.2. The second-order valence-corrected chi connectivity index (χ2v) is 8.12. The van der Waals surface area contributed by atoms with Gasteiger partial charge in [-0.3, -0.25) is 4.68 Å². The highest BCUT2D eigenvalue weighted by Crippen LogP contribution is 2.30. The van der Waals surface area contributed by atoms with Crippen LogP contribution in [0.3, 0.4) is 0 Å². The first kappa shape index (κ1) is 18.7. The number of nitrogens with one attached hydrogen (secondary N) is 1. The first-order valence-electron chi connectivity index (χ1n) is 8.08. The van der Waals surface area contributed by atoms with Crippen LogP contribution in [0.2, 0.25) is 0 Å². The smallest absolute Gasteiger partial charge is 0.0738 e. The maximum Gasteiger partial charge on any atom is 0.0738 e. The Morgan fingerprint density at radius 1 is 1.33 bits per heavy atom. The molecular formula is C17H32BrN3. The molecule has 0 saturated heterocycles. The van der Waals surface area contributed by atoms with Gasteiger partial charge in [0.25, 0.3) is 0 Å². The van der Waals surface area contributed by atoms with Gasteiger partial charge in [-0.1, -0.05) is 34.6 Å². The summed E-state index contributed by atoms with van der Waals surface area (Å²) in [5.74, 6) is 0.681. The Kier molecular flexibility index (Phi) is 6.92. The lowest BCUT2D eigenvalue weighted by Crippen LogP contribution is -2.36. The van der Waals surface area contributed by atoms with E-state index >= 15 is 0 Å². The zero-order valence-electron chi connectivity index (χ0n) is 14.8. The van der Waals surface area contributed by atoms with Crippen molar-refractivity contribution in [1.82, 2.24) is 15.1 Å². The highest BCUT2D eigenvalue weighted by molar-refractivity contribution is 9.10. The van der Waals surface area contributed by atoms with Crippen LogP contribution in [0.15, 0.2) is 4.47 Å². The molecule has 3 nitrogen and oxygen atoms in total. The summed E-state index contributed by atoms with van der Waals surface area (Å²) in [6, 6.07) is 0.505. The summed E-state index contributed by atoms with van der Waals surface area (Å²) in [5.41, 5.74) is 2.72. The molecule has 0 saturated carbocycles. The maximum atomic E-state index is 4.51. The van der Waals surface area contributed by atoms with E-state index in [9.17, 15) is 0 Å². The minimum Gasteiger partial charge on any atom is -0.314 e. The van der Waals surface area contributed by atoms with Crippen molar-refractivity contribution in [3.63, 3.8) is 0 Å². The molecule has 2 atom stereocenters. The second kappa shape index (κ2) is 7.77. The van der Waals surface area contributed by atoms with Crippen LogP contribution in [0.5, 0.6) is 0 Å². The molecule has 2 unspecified atom stereocenters. The Morgan fingerprint density at radius 2 is 1.95 bits per heavy atom. The second-order valence-electron chi connectivity index (χ2n) is 7.33. The van der Waals surface area contributed by atoms with Crippen molar-refractivity contribution in [2.45, 2.75) is 66.8 Å². The summed E-state index contributed by atoms with van der Waals surface area (Å²) in [4.78, 5) is 0. The summed E-state index contributed by atoms with van der Waals surface area (Å²) in [6.45, 7) is 14.7. The standard InChI is InChI=1S/C17H32BrN3/c1-8-9-19-14(10-12(2)17(4,5)6)11-15-16(18)13(3)20-21(15)7/h12,14,19H,8-11H2,1-7H3. The van der Waals surface area contributed by atoms with Crippen molar-refractivity contribution in [1.29, 1.82) is 0 Å². The van der Waals surface area contributed by atoms with Crippen molar-refractivity contribution in [3.05, 3.63) is 15.9 Å². The predicted molar refractivity (Wildman–Crippen MR) is 94.7 cm³/mol. The van der Waals surface area contributed by atoms with E-state index < -0.39 is 0 Å². The molecule has 21 heavy (non-hydrogen) atoms. The number of hydrogen-bond donors (Lipinski definition) is 1. The average molecular weight is 358 g/mol. The van der Waals surface area contributed by atoms with Crippen molar-refractivity contribution in [2.24, 2.45) is 18.4 Å². The van der Waals surface area contributed by atoms with E-state index in [4.69, 9.17) is 0 Å². The van der Waals surface area contributed by atoms with Crippen molar-refractivity contribution in [2.75, 3.05) is 6.54 Å². The molecule has 1 aromatic rings. The molecule has 122 valence electrons. The van der Waals surface area contributed by atoms with Crippen LogP contribution in [-0.4, -0.2) is 22.4 Å². The van der Waals surface area contributed by atoms with Crippen molar-refractivity contribution >= 4 is 15.9 Å². The third kappa shape index (κ3) is 5.41. The zero-order valence-corrected chi connectivity index (χ0v) is 16.3. The fourth-order valence-corrected chi connectivity index (χ4v) is 3.00. The third-order valence-corrected chi connectivity index (χ3v) is 5.53. The fraction of sp³-hybridized carbons (Fsp3) is 0.824. The van der Waals surface area contributed by atoms with E-state index in [-0.39, 0.29) is 0 Å². The molecule has 4 heteroatoms. The van der Waals surface area contributed by atoms with Crippen LogP contribution in [0.25, 0.3) is 0 Å². The van der Waals surface area contributed by atoms with Gasteiger partial charge >= 0.3 is 0 Å². The lowest BCUT2D eigenvalue weighted by atomic mass is 9.78. The summed E-state index contributed by atoms with van der Waals surface area (Å²) in [6.07, 6.45) is 3.39. The van der Waals surface area contributed by atoms with Gasteiger partial charge < -0.3 is 5.32 Å². The molecule has 0 bridgehead atoms.